The lowest BCUT2D eigenvalue weighted by atomic mass is 10.3. The highest BCUT2D eigenvalue weighted by molar-refractivity contribution is 5.37. The molecular weight excluding hydrogens is 220 g/mol. The van der Waals surface area contributed by atoms with Gasteiger partial charge in [-0.2, -0.15) is 9.97 Å². The standard InChI is InChI=1S/C11H20N4O2/c1-8(2)15(6-5-12)11-13-9(16-3)7-10(14-11)17-4/h7-8H,5-6,12H2,1-4H3. The van der Waals surface area contributed by atoms with E-state index in [9.17, 15) is 0 Å². The second-order valence-corrected chi connectivity index (χ2v) is 3.83. The fourth-order valence-corrected chi connectivity index (χ4v) is 1.46. The summed E-state index contributed by atoms with van der Waals surface area (Å²) in [4.78, 5) is 10.6. The van der Waals surface area contributed by atoms with E-state index in [2.05, 4.69) is 23.8 Å². The van der Waals surface area contributed by atoms with Crippen LogP contribution in [0.5, 0.6) is 11.8 Å². The number of hydrogen-bond acceptors (Lipinski definition) is 6. The van der Waals surface area contributed by atoms with E-state index in [0.29, 0.717) is 30.8 Å². The molecule has 1 rings (SSSR count). The maximum Gasteiger partial charge on any atom is 0.232 e. The number of nitrogens with two attached hydrogens (primary N) is 1. The molecule has 0 atom stereocenters. The summed E-state index contributed by atoms with van der Waals surface area (Å²) >= 11 is 0. The minimum Gasteiger partial charge on any atom is -0.481 e. The van der Waals surface area contributed by atoms with E-state index in [0.717, 1.165) is 0 Å². The van der Waals surface area contributed by atoms with Gasteiger partial charge in [-0.15, -0.1) is 0 Å². The highest BCUT2D eigenvalue weighted by Gasteiger charge is 2.15. The Morgan fingerprint density at radius 3 is 2.12 bits per heavy atom. The van der Waals surface area contributed by atoms with Crippen molar-refractivity contribution in [1.82, 2.24) is 9.97 Å². The van der Waals surface area contributed by atoms with Gasteiger partial charge in [0.05, 0.1) is 20.3 Å². The maximum atomic E-state index is 5.59. The largest absolute Gasteiger partial charge is 0.481 e. The van der Waals surface area contributed by atoms with Crippen molar-refractivity contribution < 1.29 is 9.47 Å². The Labute approximate surface area is 102 Å². The maximum absolute atomic E-state index is 5.59. The summed E-state index contributed by atoms with van der Waals surface area (Å²) in [6.07, 6.45) is 0. The third kappa shape index (κ3) is 3.45. The smallest absolute Gasteiger partial charge is 0.232 e. The van der Waals surface area contributed by atoms with Crippen LogP contribution >= 0.6 is 0 Å². The molecule has 17 heavy (non-hydrogen) atoms. The van der Waals surface area contributed by atoms with Gasteiger partial charge in [-0.3, -0.25) is 0 Å². The molecule has 6 nitrogen and oxygen atoms in total. The first kappa shape index (κ1) is 13.5. The molecule has 0 unspecified atom stereocenters. The van der Waals surface area contributed by atoms with Crippen molar-refractivity contribution in [2.24, 2.45) is 5.73 Å². The minimum absolute atomic E-state index is 0.260. The van der Waals surface area contributed by atoms with Crippen LogP contribution in [0.25, 0.3) is 0 Å². The van der Waals surface area contributed by atoms with Crippen LogP contribution in [0.4, 0.5) is 5.95 Å². The first-order valence-corrected chi connectivity index (χ1v) is 5.56. The summed E-state index contributed by atoms with van der Waals surface area (Å²) < 4.78 is 10.2. The topological polar surface area (TPSA) is 73.5 Å². The Kier molecular flexibility index (Phi) is 4.96. The summed E-state index contributed by atoms with van der Waals surface area (Å²) in [5.41, 5.74) is 5.59. The zero-order valence-corrected chi connectivity index (χ0v) is 10.8. The van der Waals surface area contributed by atoms with Crippen LogP contribution in [0.2, 0.25) is 0 Å². The molecule has 0 bridgehead atoms. The molecule has 0 fully saturated rings. The van der Waals surface area contributed by atoms with Crippen LogP contribution < -0.4 is 20.1 Å². The molecule has 0 aromatic carbocycles. The number of methoxy groups -OCH3 is 2. The fourth-order valence-electron chi connectivity index (χ4n) is 1.46. The third-order valence-corrected chi connectivity index (χ3v) is 2.34. The van der Waals surface area contributed by atoms with E-state index in [-0.39, 0.29) is 6.04 Å². The molecule has 0 amide bonds. The highest BCUT2D eigenvalue weighted by Crippen LogP contribution is 2.21. The predicted octanol–water partition coefficient (Wildman–Crippen LogP) is 0.667. The van der Waals surface area contributed by atoms with E-state index in [1.165, 1.54) is 0 Å². The number of aromatic nitrogens is 2. The van der Waals surface area contributed by atoms with Gasteiger partial charge < -0.3 is 20.1 Å². The molecule has 0 saturated carbocycles. The van der Waals surface area contributed by atoms with Gasteiger partial charge in [0.2, 0.25) is 17.7 Å². The van der Waals surface area contributed by atoms with Crippen LogP contribution in [0.15, 0.2) is 6.07 Å². The second-order valence-electron chi connectivity index (χ2n) is 3.83. The van der Waals surface area contributed by atoms with E-state index in [4.69, 9.17) is 15.2 Å². The summed E-state index contributed by atoms with van der Waals surface area (Å²) in [5.74, 6) is 1.53. The molecule has 0 aliphatic heterocycles. The number of ether oxygens (including phenoxy) is 2. The van der Waals surface area contributed by atoms with E-state index in [1.807, 2.05) is 4.90 Å². The van der Waals surface area contributed by atoms with Gasteiger partial charge in [-0.05, 0) is 13.8 Å². The summed E-state index contributed by atoms with van der Waals surface area (Å²) in [6.45, 7) is 5.35. The zero-order chi connectivity index (χ0) is 12.8. The van der Waals surface area contributed by atoms with Gasteiger partial charge in [0.15, 0.2) is 0 Å². The Balaban J connectivity index is 3.08. The van der Waals surface area contributed by atoms with Crippen LogP contribution in [0.1, 0.15) is 13.8 Å². The van der Waals surface area contributed by atoms with Gasteiger partial charge >= 0.3 is 0 Å². The second kappa shape index (κ2) is 6.24. The van der Waals surface area contributed by atoms with Crippen molar-refractivity contribution in [3.05, 3.63) is 6.07 Å². The van der Waals surface area contributed by atoms with Gasteiger partial charge in [-0.1, -0.05) is 0 Å². The van der Waals surface area contributed by atoms with E-state index in [1.54, 1.807) is 20.3 Å². The van der Waals surface area contributed by atoms with E-state index >= 15 is 0 Å². The molecule has 0 spiro atoms. The van der Waals surface area contributed by atoms with Crippen molar-refractivity contribution in [2.75, 3.05) is 32.2 Å². The number of rotatable bonds is 6. The number of hydrogen-bond donors (Lipinski definition) is 1. The van der Waals surface area contributed by atoms with Gasteiger partial charge in [0.1, 0.15) is 0 Å². The lowest BCUT2D eigenvalue weighted by Gasteiger charge is -2.26. The molecular formula is C11H20N4O2. The Bertz CT molecular complexity index is 335. The first-order chi connectivity index (χ1) is 8.12. The van der Waals surface area contributed by atoms with E-state index < -0.39 is 0 Å². The summed E-state index contributed by atoms with van der Waals surface area (Å²) in [5, 5.41) is 0. The fraction of sp³-hybridized carbons (Fsp3) is 0.636. The van der Waals surface area contributed by atoms with Gasteiger partial charge in [0.25, 0.3) is 0 Å². The molecule has 6 heteroatoms. The molecule has 0 saturated heterocycles. The van der Waals surface area contributed by atoms with Crippen LogP contribution in [0, 0.1) is 0 Å². The summed E-state index contributed by atoms with van der Waals surface area (Å²) in [7, 11) is 3.13. The zero-order valence-electron chi connectivity index (χ0n) is 10.8. The predicted molar refractivity (Wildman–Crippen MR) is 66.7 cm³/mol. The van der Waals surface area contributed by atoms with Crippen molar-refractivity contribution in [2.45, 2.75) is 19.9 Å². The Morgan fingerprint density at radius 1 is 1.24 bits per heavy atom. The number of nitrogens with zero attached hydrogens (tertiary/aromatic N) is 3. The van der Waals surface area contributed by atoms with Crippen molar-refractivity contribution in [3.63, 3.8) is 0 Å². The third-order valence-electron chi connectivity index (χ3n) is 2.34. The molecule has 1 aromatic rings. The molecule has 0 aliphatic rings. The highest BCUT2D eigenvalue weighted by atomic mass is 16.5. The lowest BCUT2D eigenvalue weighted by Crippen LogP contribution is -2.36. The SMILES string of the molecule is COc1cc(OC)nc(N(CCN)C(C)C)n1. The minimum atomic E-state index is 0.260. The Morgan fingerprint density at radius 2 is 1.76 bits per heavy atom. The normalized spacial score (nSPS) is 10.5. The van der Waals surface area contributed by atoms with Crippen molar-refractivity contribution >= 4 is 5.95 Å². The molecule has 0 radical (unpaired) electrons. The van der Waals surface area contributed by atoms with Crippen LogP contribution in [-0.4, -0.2) is 43.3 Å². The number of anilines is 1. The van der Waals surface area contributed by atoms with Crippen LogP contribution in [0.3, 0.4) is 0 Å². The Hall–Kier alpha value is -1.56. The molecule has 0 aliphatic carbocycles. The average Bonchev–Trinajstić information content (AvgIpc) is 2.34. The van der Waals surface area contributed by atoms with Gasteiger partial charge in [-0.25, -0.2) is 0 Å². The molecule has 1 heterocycles. The van der Waals surface area contributed by atoms with Crippen molar-refractivity contribution in [1.29, 1.82) is 0 Å². The summed E-state index contributed by atoms with van der Waals surface area (Å²) in [6, 6.07) is 1.90. The lowest BCUT2D eigenvalue weighted by molar-refractivity contribution is 0.371. The average molecular weight is 240 g/mol. The molecule has 1 aromatic heterocycles. The quantitative estimate of drug-likeness (QED) is 0.787. The van der Waals surface area contributed by atoms with Crippen molar-refractivity contribution in [3.8, 4) is 11.8 Å². The van der Waals surface area contributed by atoms with Gasteiger partial charge in [0, 0.05) is 19.1 Å². The van der Waals surface area contributed by atoms with Crippen LogP contribution in [-0.2, 0) is 0 Å². The first-order valence-electron chi connectivity index (χ1n) is 5.56. The molecule has 2 N–H and O–H groups in total. The monoisotopic (exact) mass is 240 g/mol. The molecule has 96 valence electrons.